The van der Waals surface area contributed by atoms with E-state index in [9.17, 15) is 5.11 Å². The maximum Gasteiger partial charge on any atom is 0.231 e. The standard InChI is InChI=1S/C22H18N4O4S/c1-28-16-5-6-18(27)17(10-16)21-24-25-22(31-12-14-3-2-8-23-11-14)26(21)15-4-7-19-20(9-15)30-13-29-19/h2-11,27H,12-13H2,1H3. The monoisotopic (exact) mass is 434 g/mol. The van der Waals surface area contributed by atoms with Crippen LogP contribution in [0.3, 0.4) is 0 Å². The molecule has 5 rings (SSSR count). The lowest BCUT2D eigenvalue weighted by Crippen LogP contribution is -2.00. The summed E-state index contributed by atoms with van der Waals surface area (Å²) in [5.41, 5.74) is 2.37. The van der Waals surface area contributed by atoms with E-state index in [0.717, 1.165) is 11.3 Å². The first-order chi connectivity index (χ1) is 15.2. The highest BCUT2D eigenvalue weighted by Crippen LogP contribution is 2.39. The number of nitrogens with zero attached hydrogens (tertiary/aromatic N) is 4. The number of aromatic hydroxyl groups is 1. The van der Waals surface area contributed by atoms with Crippen molar-refractivity contribution in [2.75, 3.05) is 13.9 Å². The van der Waals surface area contributed by atoms with Crippen molar-refractivity contribution in [1.82, 2.24) is 19.7 Å². The quantitative estimate of drug-likeness (QED) is 0.454. The molecule has 0 saturated carbocycles. The molecule has 0 saturated heterocycles. The van der Waals surface area contributed by atoms with Crippen LogP contribution in [0.1, 0.15) is 5.56 Å². The van der Waals surface area contributed by atoms with Gasteiger partial charge in [0.1, 0.15) is 11.5 Å². The molecule has 1 N–H and O–H groups in total. The molecule has 0 aliphatic carbocycles. The second kappa shape index (κ2) is 8.19. The van der Waals surface area contributed by atoms with Gasteiger partial charge in [0.05, 0.1) is 18.4 Å². The van der Waals surface area contributed by atoms with Crippen LogP contribution in [0, 0.1) is 0 Å². The van der Waals surface area contributed by atoms with Gasteiger partial charge in [-0.2, -0.15) is 0 Å². The summed E-state index contributed by atoms with van der Waals surface area (Å²) in [7, 11) is 1.58. The summed E-state index contributed by atoms with van der Waals surface area (Å²) < 4.78 is 18.2. The highest BCUT2D eigenvalue weighted by Gasteiger charge is 2.22. The number of fused-ring (bicyclic) bond motifs is 1. The number of pyridine rings is 1. The van der Waals surface area contributed by atoms with Crippen molar-refractivity contribution in [2.24, 2.45) is 0 Å². The Hall–Kier alpha value is -3.72. The fraction of sp³-hybridized carbons (Fsp3) is 0.136. The molecule has 8 nitrogen and oxygen atoms in total. The van der Waals surface area contributed by atoms with E-state index >= 15 is 0 Å². The van der Waals surface area contributed by atoms with E-state index in [1.54, 1.807) is 31.5 Å². The van der Waals surface area contributed by atoms with Crippen LogP contribution in [-0.2, 0) is 5.75 Å². The second-order valence-corrected chi connectivity index (χ2v) is 7.65. The summed E-state index contributed by atoms with van der Waals surface area (Å²) in [6.45, 7) is 0.188. The molecule has 0 amide bonds. The normalized spacial score (nSPS) is 12.2. The summed E-state index contributed by atoms with van der Waals surface area (Å²) in [4.78, 5) is 4.17. The van der Waals surface area contributed by atoms with Gasteiger partial charge in [0.2, 0.25) is 6.79 Å². The maximum atomic E-state index is 10.5. The lowest BCUT2D eigenvalue weighted by molar-refractivity contribution is 0.174. The van der Waals surface area contributed by atoms with E-state index in [1.807, 2.05) is 41.1 Å². The number of rotatable bonds is 6. The third-order valence-corrected chi connectivity index (χ3v) is 5.78. The fourth-order valence-electron chi connectivity index (χ4n) is 3.25. The van der Waals surface area contributed by atoms with Gasteiger partial charge in [0.15, 0.2) is 22.5 Å². The van der Waals surface area contributed by atoms with Crippen molar-refractivity contribution < 1.29 is 19.3 Å². The van der Waals surface area contributed by atoms with E-state index in [0.29, 0.717) is 39.5 Å². The molecule has 0 radical (unpaired) electrons. The Morgan fingerprint density at radius 2 is 2.00 bits per heavy atom. The number of ether oxygens (including phenoxy) is 3. The van der Waals surface area contributed by atoms with Gasteiger partial charge in [-0.05, 0) is 42.0 Å². The van der Waals surface area contributed by atoms with Crippen molar-refractivity contribution in [3.63, 3.8) is 0 Å². The summed E-state index contributed by atoms with van der Waals surface area (Å²) in [5, 5.41) is 20.0. The highest BCUT2D eigenvalue weighted by molar-refractivity contribution is 7.98. The minimum Gasteiger partial charge on any atom is -0.507 e. The summed E-state index contributed by atoms with van der Waals surface area (Å²) >= 11 is 1.52. The van der Waals surface area contributed by atoms with Crippen molar-refractivity contribution in [3.8, 4) is 40.1 Å². The van der Waals surface area contributed by atoms with Gasteiger partial charge in [-0.3, -0.25) is 9.55 Å². The SMILES string of the molecule is COc1ccc(O)c(-c2nnc(SCc3cccnc3)n2-c2ccc3c(c2)OCO3)c1. The van der Waals surface area contributed by atoms with Crippen molar-refractivity contribution >= 4 is 11.8 Å². The molecule has 0 fully saturated rings. The third kappa shape index (κ3) is 3.75. The number of thioether (sulfide) groups is 1. The highest BCUT2D eigenvalue weighted by atomic mass is 32.2. The van der Waals surface area contributed by atoms with Crippen LogP contribution in [0.5, 0.6) is 23.0 Å². The Labute approximate surface area is 182 Å². The Bertz CT molecular complexity index is 1230. The Morgan fingerprint density at radius 3 is 2.84 bits per heavy atom. The molecule has 0 unspecified atom stereocenters. The van der Waals surface area contributed by atoms with Crippen LogP contribution in [0.25, 0.3) is 17.1 Å². The van der Waals surface area contributed by atoms with E-state index in [4.69, 9.17) is 14.2 Å². The van der Waals surface area contributed by atoms with Crippen LogP contribution in [0.2, 0.25) is 0 Å². The zero-order valence-electron chi connectivity index (χ0n) is 16.6. The van der Waals surface area contributed by atoms with E-state index in [1.165, 1.54) is 11.8 Å². The Morgan fingerprint density at radius 1 is 1.10 bits per heavy atom. The Kier molecular flexibility index (Phi) is 5.09. The van der Waals surface area contributed by atoms with Crippen LogP contribution >= 0.6 is 11.8 Å². The van der Waals surface area contributed by atoms with Gasteiger partial charge >= 0.3 is 0 Å². The Balaban J connectivity index is 1.61. The molecule has 3 heterocycles. The first kappa shape index (κ1) is 19.3. The van der Waals surface area contributed by atoms with Gasteiger partial charge in [-0.15, -0.1) is 10.2 Å². The average Bonchev–Trinajstić information content (AvgIpc) is 3.45. The lowest BCUT2D eigenvalue weighted by Gasteiger charge is -2.12. The van der Waals surface area contributed by atoms with Gasteiger partial charge in [-0.25, -0.2) is 0 Å². The minimum absolute atomic E-state index is 0.0824. The second-order valence-electron chi connectivity index (χ2n) is 6.71. The first-order valence-corrected chi connectivity index (χ1v) is 10.5. The summed E-state index contributed by atoms with van der Waals surface area (Å²) in [6, 6.07) is 14.6. The number of hydrogen-bond donors (Lipinski definition) is 1. The fourth-order valence-corrected chi connectivity index (χ4v) is 4.13. The van der Waals surface area contributed by atoms with Crippen LogP contribution in [0.4, 0.5) is 0 Å². The molecule has 156 valence electrons. The van der Waals surface area contributed by atoms with Crippen LogP contribution in [0.15, 0.2) is 66.1 Å². The first-order valence-electron chi connectivity index (χ1n) is 9.47. The zero-order valence-corrected chi connectivity index (χ0v) is 17.4. The number of benzene rings is 2. The zero-order chi connectivity index (χ0) is 21.2. The minimum atomic E-state index is 0.0824. The number of phenolic OH excluding ortho intramolecular Hbond substituents is 1. The molecule has 9 heteroatoms. The van der Waals surface area contributed by atoms with E-state index in [-0.39, 0.29) is 12.5 Å². The molecule has 0 bridgehead atoms. The topological polar surface area (TPSA) is 91.5 Å². The molecular weight excluding hydrogens is 416 g/mol. The predicted octanol–water partition coefficient (Wildman–Crippen LogP) is 4.06. The maximum absolute atomic E-state index is 10.5. The van der Waals surface area contributed by atoms with Gasteiger partial charge < -0.3 is 19.3 Å². The molecule has 0 spiro atoms. The van der Waals surface area contributed by atoms with Gasteiger partial charge in [0, 0.05) is 24.2 Å². The molecule has 0 atom stereocenters. The van der Waals surface area contributed by atoms with E-state index in [2.05, 4.69) is 15.2 Å². The number of hydrogen-bond acceptors (Lipinski definition) is 8. The van der Waals surface area contributed by atoms with E-state index < -0.39 is 0 Å². The number of aromatic nitrogens is 4. The van der Waals surface area contributed by atoms with Crippen molar-refractivity contribution in [3.05, 3.63) is 66.5 Å². The summed E-state index contributed by atoms with van der Waals surface area (Å²) in [5.74, 6) is 3.18. The molecule has 1 aliphatic rings. The largest absolute Gasteiger partial charge is 0.507 e. The molecule has 2 aromatic heterocycles. The van der Waals surface area contributed by atoms with Crippen molar-refractivity contribution in [1.29, 1.82) is 0 Å². The number of methoxy groups -OCH3 is 1. The average molecular weight is 434 g/mol. The van der Waals surface area contributed by atoms with Crippen LogP contribution < -0.4 is 14.2 Å². The number of phenols is 1. The molecular formula is C22H18N4O4S. The molecule has 1 aliphatic heterocycles. The summed E-state index contributed by atoms with van der Waals surface area (Å²) in [6.07, 6.45) is 3.57. The third-order valence-electron chi connectivity index (χ3n) is 4.78. The van der Waals surface area contributed by atoms with Gasteiger partial charge in [-0.1, -0.05) is 17.8 Å². The smallest absolute Gasteiger partial charge is 0.231 e. The lowest BCUT2D eigenvalue weighted by atomic mass is 10.1. The van der Waals surface area contributed by atoms with Crippen LogP contribution in [-0.4, -0.2) is 38.8 Å². The molecule has 31 heavy (non-hydrogen) atoms. The van der Waals surface area contributed by atoms with Gasteiger partial charge in [0.25, 0.3) is 0 Å². The molecule has 2 aromatic carbocycles. The van der Waals surface area contributed by atoms with Crippen molar-refractivity contribution in [2.45, 2.75) is 10.9 Å². The molecule has 4 aromatic rings. The predicted molar refractivity (Wildman–Crippen MR) is 115 cm³/mol.